The number of likely N-dealkylation sites (N-methyl/N-ethyl adjacent to an activating group) is 3. The highest BCUT2D eigenvalue weighted by Crippen LogP contribution is 2.42. The zero-order chi connectivity index (χ0) is 19.7. The number of carbonyl (C=O) groups excluding carboxylic acids is 2. The van der Waals surface area contributed by atoms with Crippen molar-refractivity contribution < 1.29 is 14.3 Å². The maximum absolute atomic E-state index is 13.1. The molecule has 0 aromatic heterocycles. The Labute approximate surface area is 159 Å². The molecule has 0 aliphatic heterocycles. The van der Waals surface area contributed by atoms with E-state index >= 15 is 0 Å². The molecule has 0 saturated heterocycles. The highest BCUT2D eigenvalue weighted by atomic mass is 16.5. The van der Waals surface area contributed by atoms with Gasteiger partial charge in [-0.15, -0.1) is 0 Å². The molecule has 0 heterocycles. The summed E-state index contributed by atoms with van der Waals surface area (Å²) in [6.07, 6.45) is 5.01. The summed E-state index contributed by atoms with van der Waals surface area (Å²) < 4.78 is 5.51. The zero-order valence-corrected chi connectivity index (χ0v) is 17.7. The van der Waals surface area contributed by atoms with Crippen LogP contribution in [0.15, 0.2) is 0 Å². The number of hydrogen-bond donors (Lipinski definition) is 0. The predicted octanol–water partition coefficient (Wildman–Crippen LogP) is 2.23. The molecule has 152 valence electrons. The molecule has 0 aromatic carbocycles. The first-order chi connectivity index (χ1) is 12.2. The molecule has 0 aromatic rings. The molecule has 1 aliphatic rings. The van der Waals surface area contributed by atoms with Crippen molar-refractivity contribution >= 4 is 11.8 Å². The van der Waals surface area contributed by atoms with Crippen molar-refractivity contribution in [2.75, 3.05) is 54.0 Å². The Hall–Kier alpha value is -1.14. The number of nitrogens with zero attached hydrogens (tertiary/aromatic N) is 3. The van der Waals surface area contributed by atoms with Gasteiger partial charge in [-0.3, -0.25) is 14.5 Å². The van der Waals surface area contributed by atoms with E-state index in [1.54, 1.807) is 4.90 Å². The van der Waals surface area contributed by atoms with Crippen molar-refractivity contribution in [2.45, 2.75) is 58.9 Å². The molecule has 0 radical (unpaired) electrons. The van der Waals surface area contributed by atoms with Gasteiger partial charge in [0.1, 0.15) is 0 Å². The van der Waals surface area contributed by atoms with Crippen molar-refractivity contribution in [1.29, 1.82) is 0 Å². The van der Waals surface area contributed by atoms with Gasteiger partial charge in [-0.1, -0.05) is 12.8 Å². The first kappa shape index (κ1) is 22.9. The van der Waals surface area contributed by atoms with Crippen LogP contribution in [0.1, 0.15) is 52.9 Å². The Morgan fingerprint density at radius 1 is 1.08 bits per heavy atom. The SMILES string of the molecule is CCOCCC1(C(=O)N(C)CCN(C)CC(=O)N(C)C(C)C)CCCC1. The van der Waals surface area contributed by atoms with Crippen LogP contribution in [0.4, 0.5) is 0 Å². The van der Waals surface area contributed by atoms with E-state index in [0.717, 1.165) is 32.1 Å². The van der Waals surface area contributed by atoms with E-state index in [0.29, 0.717) is 32.8 Å². The van der Waals surface area contributed by atoms with E-state index in [4.69, 9.17) is 4.74 Å². The van der Waals surface area contributed by atoms with Gasteiger partial charge in [0.2, 0.25) is 11.8 Å². The van der Waals surface area contributed by atoms with Gasteiger partial charge in [0.05, 0.1) is 12.0 Å². The lowest BCUT2D eigenvalue weighted by Gasteiger charge is -2.33. The molecule has 1 aliphatic carbocycles. The Morgan fingerprint density at radius 2 is 1.69 bits per heavy atom. The third-order valence-corrected chi connectivity index (χ3v) is 5.68. The molecular formula is C20H39N3O3. The lowest BCUT2D eigenvalue weighted by atomic mass is 9.81. The van der Waals surface area contributed by atoms with Gasteiger partial charge in [-0.25, -0.2) is 0 Å². The highest BCUT2D eigenvalue weighted by molar-refractivity contribution is 5.83. The monoisotopic (exact) mass is 369 g/mol. The van der Waals surface area contributed by atoms with Gasteiger partial charge in [0.15, 0.2) is 0 Å². The summed E-state index contributed by atoms with van der Waals surface area (Å²) in [7, 11) is 5.66. The second-order valence-corrected chi connectivity index (χ2v) is 8.00. The molecule has 6 heteroatoms. The first-order valence-corrected chi connectivity index (χ1v) is 10.0. The zero-order valence-electron chi connectivity index (χ0n) is 17.7. The number of hydrogen-bond acceptors (Lipinski definition) is 4. The van der Waals surface area contributed by atoms with E-state index in [1.807, 2.05) is 51.7 Å². The number of carbonyl (C=O) groups is 2. The van der Waals surface area contributed by atoms with Gasteiger partial charge in [-0.05, 0) is 47.1 Å². The largest absolute Gasteiger partial charge is 0.382 e. The van der Waals surface area contributed by atoms with Gasteiger partial charge in [0, 0.05) is 46.4 Å². The fourth-order valence-corrected chi connectivity index (χ4v) is 3.57. The fraction of sp³-hybridized carbons (Fsp3) is 0.900. The Morgan fingerprint density at radius 3 is 2.23 bits per heavy atom. The maximum atomic E-state index is 13.1. The van der Waals surface area contributed by atoms with Crippen LogP contribution >= 0.6 is 0 Å². The van der Waals surface area contributed by atoms with Crippen molar-refractivity contribution in [1.82, 2.24) is 14.7 Å². The molecule has 1 saturated carbocycles. The van der Waals surface area contributed by atoms with E-state index in [9.17, 15) is 9.59 Å². The molecule has 0 N–H and O–H groups in total. The first-order valence-electron chi connectivity index (χ1n) is 10.0. The Kier molecular flexibility index (Phi) is 9.58. The predicted molar refractivity (Wildman–Crippen MR) is 105 cm³/mol. The molecule has 6 nitrogen and oxygen atoms in total. The third-order valence-electron chi connectivity index (χ3n) is 5.68. The molecule has 0 unspecified atom stereocenters. The normalized spacial score (nSPS) is 16.3. The van der Waals surface area contributed by atoms with Gasteiger partial charge in [0.25, 0.3) is 0 Å². The quantitative estimate of drug-likeness (QED) is 0.524. The van der Waals surface area contributed by atoms with Crippen LogP contribution in [0.3, 0.4) is 0 Å². The van der Waals surface area contributed by atoms with E-state index in [-0.39, 0.29) is 23.3 Å². The summed E-state index contributed by atoms with van der Waals surface area (Å²) in [6, 6.07) is 0.202. The van der Waals surface area contributed by atoms with Crippen LogP contribution in [-0.2, 0) is 14.3 Å². The van der Waals surface area contributed by atoms with Crippen LogP contribution in [0, 0.1) is 5.41 Å². The van der Waals surface area contributed by atoms with E-state index in [2.05, 4.69) is 0 Å². The van der Waals surface area contributed by atoms with Crippen LogP contribution in [0.2, 0.25) is 0 Å². The molecule has 0 atom stereocenters. The van der Waals surface area contributed by atoms with Gasteiger partial charge in [-0.2, -0.15) is 0 Å². The average Bonchev–Trinajstić information content (AvgIpc) is 3.08. The summed E-state index contributed by atoms with van der Waals surface area (Å²) in [4.78, 5) is 30.8. The molecule has 1 fully saturated rings. The second-order valence-electron chi connectivity index (χ2n) is 8.00. The van der Waals surface area contributed by atoms with Crippen LogP contribution < -0.4 is 0 Å². The minimum atomic E-state index is -0.240. The van der Waals surface area contributed by atoms with E-state index in [1.165, 1.54) is 0 Å². The van der Waals surface area contributed by atoms with Crippen LogP contribution in [-0.4, -0.2) is 86.5 Å². The lowest BCUT2D eigenvalue weighted by Crippen LogP contribution is -2.45. The van der Waals surface area contributed by atoms with E-state index < -0.39 is 0 Å². The summed E-state index contributed by atoms with van der Waals surface area (Å²) in [5, 5.41) is 0. The topological polar surface area (TPSA) is 53.1 Å². The molecule has 26 heavy (non-hydrogen) atoms. The molecule has 0 spiro atoms. The standard InChI is InChI=1S/C20H39N3O3/c1-7-26-15-12-20(10-8-9-11-20)19(25)22(5)14-13-21(4)16-18(24)23(6)17(2)3/h17H,7-16H2,1-6H3. The van der Waals surface area contributed by atoms with Gasteiger partial charge < -0.3 is 14.5 Å². The van der Waals surface area contributed by atoms with Gasteiger partial charge >= 0.3 is 0 Å². The van der Waals surface area contributed by atoms with Crippen molar-refractivity contribution in [3.05, 3.63) is 0 Å². The molecular weight excluding hydrogens is 330 g/mol. The number of rotatable bonds is 11. The summed E-state index contributed by atoms with van der Waals surface area (Å²) >= 11 is 0. The minimum absolute atomic E-state index is 0.112. The van der Waals surface area contributed by atoms with Crippen molar-refractivity contribution in [3.8, 4) is 0 Å². The third kappa shape index (κ3) is 6.54. The number of amides is 2. The summed E-state index contributed by atoms with van der Waals surface area (Å²) in [5.41, 5.74) is -0.240. The molecule has 1 rings (SSSR count). The Balaban J connectivity index is 2.50. The maximum Gasteiger partial charge on any atom is 0.236 e. The average molecular weight is 370 g/mol. The van der Waals surface area contributed by atoms with Crippen molar-refractivity contribution in [3.63, 3.8) is 0 Å². The second kappa shape index (κ2) is 10.9. The Bertz CT molecular complexity index is 448. The van der Waals surface area contributed by atoms with Crippen LogP contribution in [0.25, 0.3) is 0 Å². The minimum Gasteiger partial charge on any atom is -0.382 e. The molecule has 0 bridgehead atoms. The summed E-state index contributed by atoms with van der Waals surface area (Å²) in [5.74, 6) is 0.356. The van der Waals surface area contributed by atoms with Crippen molar-refractivity contribution in [2.24, 2.45) is 5.41 Å². The smallest absolute Gasteiger partial charge is 0.236 e. The summed E-state index contributed by atoms with van der Waals surface area (Å²) in [6.45, 7) is 9.08. The van der Waals surface area contributed by atoms with Crippen LogP contribution in [0.5, 0.6) is 0 Å². The lowest BCUT2D eigenvalue weighted by molar-refractivity contribution is -0.142. The highest BCUT2D eigenvalue weighted by Gasteiger charge is 2.42. The number of ether oxygens (including phenoxy) is 1. The fourth-order valence-electron chi connectivity index (χ4n) is 3.57. The molecule has 2 amide bonds.